The van der Waals surface area contributed by atoms with Crippen LogP contribution in [0.2, 0.25) is 0 Å². The topological polar surface area (TPSA) is 222 Å². The fourth-order valence-corrected chi connectivity index (χ4v) is 3.73. The molecule has 0 unspecified atom stereocenters. The smallest absolute Gasteiger partial charge is 0.277 e. The number of nitro groups is 4. The Morgan fingerprint density at radius 2 is 1.11 bits per heavy atom. The van der Waals surface area contributed by atoms with E-state index in [0.29, 0.717) is 12.8 Å². The van der Waals surface area contributed by atoms with Gasteiger partial charge in [0.2, 0.25) is 0 Å². The molecule has 16 heteroatoms. The lowest BCUT2D eigenvalue weighted by Crippen LogP contribution is -2.41. The van der Waals surface area contributed by atoms with Crippen LogP contribution in [0.4, 0.5) is 22.7 Å². The van der Waals surface area contributed by atoms with Crippen molar-refractivity contribution in [3.63, 3.8) is 0 Å². The summed E-state index contributed by atoms with van der Waals surface area (Å²) in [4.78, 5) is 67.4. The van der Waals surface area contributed by atoms with Crippen molar-refractivity contribution in [2.75, 3.05) is 19.6 Å². The van der Waals surface area contributed by atoms with Crippen molar-refractivity contribution in [3.05, 3.63) is 88.0 Å². The Labute approximate surface area is 201 Å². The molecular weight excluding hydrogens is 484 g/mol. The lowest BCUT2D eigenvalue weighted by Gasteiger charge is -2.32. The summed E-state index contributed by atoms with van der Waals surface area (Å²) < 4.78 is 0. The molecular formula is C20H18N6O10. The maximum absolute atomic E-state index is 12.8. The van der Waals surface area contributed by atoms with Crippen molar-refractivity contribution >= 4 is 34.6 Å². The zero-order valence-corrected chi connectivity index (χ0v) is 18.4. The van der Waals surface area contributed by atoms with E-state index in [-0.39, 0.29) is 36.7 Å². The van der Waals surface area contributed by atoms with E-state index in [4.69, 9.17) is 0 Å². The Morgan fingerprint density at radius 1 is 0.722 bits per heavy atom. The van der Waals surface area contributed by atoms with Gasteiger partial charge >= 0.3 is 0 Å². The Bertz CT molecular complexity index is 1210. The normalized spacial score (nSPS) is 13.6. The summed E-state index contributed by atoms with van der Waals surface area (Å²) in [6.45, 7) is 0.579. The number of likely N-dealkylation sites (tertiary alicyclic amines) is 1. The van der Waals surface area contributed by atoms with Gasteiger partial charge in [0.15, 0.2) is 0 Å². The van der Waals surface area contributed by atoms with Crippen LogP contribution < -0.4 is 5.32 Å². The highest BCUT2D eigenvalue weighted by molar-refractivity contribution is 5.96. The summed E-state index contributed by atoms with van der Waals surface area (Å²) >= 11 is 0. The SMILES string of the molecule is O=C(NCC1CCN(C(=O)c2cc([N+](=O)[O-])cc([N+](=O)[O-])c2)CC1)c1cc([N+](=O)[O-])cc([N+](=O)[O-])c1. The van der Waals surface area contributed by atoms with Crippen LogP contribution in [-0.4, -0.2) is 56.0 Å². The summed E-state index contributed by atoms with van der Waals surface area (Å²) in [5.74, 6) is -1.43. The van der Waals surface area contributed by atoms with Crippen LogP contribution in [0.25, 0.3) is 0 Å². The van der Waals surface area contributed by atoms with Gasteiger partial charge in [-0.25, -0.2) is 0 Å². The predicted molar refractivity (Wildman–Crippen MR) is 120 cm³/mol. The molecule has 3 rings (SSSR count). The van der Waals surface area contributed by atoms with Gasteiger partial charge in [0.05, 0.1) is 43.0 Å². The number of benzene rings is 2. The van der Waals surface area contributed by atoms with Crippen LogP contribution in [0.5, 0.6) is 0 Å². The third-order valence-corrected chi connectivity index (χ3v) is 5.61. The number of carbonyl (C=O) groups is 2. The molecule has 1 heterocycles. The Balaban J connectivity index is 1.62. The zero-order chi connectivity index (χ0) is 26.6. The summed E-state index contributed by atoms with van der Waals surface area (Å²) in [7, 11) is 0. The molecule has 1 aliphatic heterocycles. The average Bonchev–Trinajstić information content (AvgIpc) is 2.86. The lowest BCUT2D eigenvalue weighted by atomic mass is 9.96. The fourth-order valence-electron chi connectivity index (χ4n) is 3.73. The summed E-state index contributed by atoms with van der Waals surface area (Å²) in [6.07, 6.45) is 0.857. The first-order valence-electron chi connectivity index (χ1n) is 10.4. The number of nitrogens with zero attached hydrogens (tertiary/aromatic N) is 5. The van der Waals surface area contributed by atoms with Crippen molar-refractivity contribution in [1.82, 2.24) is 10.2 Å². The zero-order valence-electron chi connectivity index (χ0n) is 18.4. The molecule has 36 heavy (non-hydrogen) atoms. The average molecular weight is 502 g/mol. The fraction of sp³-hybridized carbons (Fsp3) is 0.300. The van der Waals surface area contributed by atoms with Crippen LogP contribution in [0, 0.1) is 46.4 Å². The molecule has 2 aromatic rings. The molecule has 1 N–H and O–H groups in total. The molecule has 0 bridgehead atoms. The number of amides is 2. The van der Waals surface area contributed by atoms with Crippen LogP contribution in [0.1, 0.15) is 33.6 Å². The van der Waals surface area contributed by atoms with E-state index < -0.39 is 54.3 Å². The minimum atomic E-state index is -0.841. The summed E-state index contributed by atoms with van der Waals surface area (Å²) in [5, 5.41) is 46.7. The highest BCUT2D eigenvalue weighted by Crippen LogP contribution is 2.26. The van der Waals surface area contributed by atoms with Crippen LogP contribution in [0.15, 0.2) is 36.4 Å². The van der Waals surface area contributed by atoms with Gasteiger partial charge in [0.1, 0.15) is 0 Å². The maximum Gasteiger partial charge on any atom is 0.277 e. The van der Waals surface area contributed by atoms with Crippen molar-refractivity contribution in [1.29, 1.82) is 0 Å². The molecule has 0 aliphatic carbocycles. The van der Waals surface area contributed by atoms with E-state index in [1.807, 2.05) is 0 Å². The van der Waals surface area contributed by atoms with E-state index in [2.05, 4.69) is 5.32 Å². The van der Waals surface area contributed by atoms with E-state index in [1.54, 1.807) is 0 Å². The second kappa shape index (κ2) is 10.5. The number of piperidine rings is 1. The van der Waals surface area contributed by atoms with Gasteiger partial charge in [-0.15, -0.1) is 0 Å². The molecule has 0 atom stereocenters. The second-order valence-corrected chi connectivity index (χ2v) is 7.95. The second-order valence-electron chi connectivity index (χ2n) is 7.95. The van der Waals surface area contributed by atoms with Gasteiger partial charge in [-0.2, -0.15) is 0 Å². The van der Waals surface area contributed by atoms with Crippen LogP contribution in [-0.2, 0) is 0 Å². The standard InChI is InChI=1S/C20H18N6O10/c27-19(13-5-15(23(29)30)9-16(6-13)24(31)32)21-11-12-1-3-22(4-2-12)20(28)14-7-17(25(33)34)10-18(8-14)26(35)36/h5-10,12H,1-4,11H2,(H,21,27). The molecule has 1 saturated heterocycles. The van der Waals surface area contributed by atoms with Gasteiger partial charge < -0.3 is 10.2 Å². The Morgan fingerprint density at radius 3 is 1.50 bits per heavy atom. The van der Waals surface area contributed by atoms with Crippen molar-refractivity contribution in [3.8, 4) is 0 Å². The minimum Gasteiger partial charge on any atom is -0.352 e. The third kappa shape index (κ3) is 5.91. The molecule has 0 saturated carbocycles. The monoisotopic (exact) mass is 502 g/mol. The first kappa shape index (κ1) is 25.6. The summed E-state index contributed by atoms with van der Waals surface area (Å²) in [6, 6.07) is 5.32. The summed E-state index contributed by atoms with van der Waals surface area (Å²) in [5.41, 5.74) is -2.77. The lowest BCUT2D eigenvalue weighted by molar-refractivity contribution is -0.394. The molecule has 0 aromatic heterocycles. The first-order chi connectivity index (χ1) is 17.0. The highest BCUT2D eigenvalue weighted by atomic mass is 16.6. The number of carbonyl (C=O) groups excluding carboxylic acids is 2. The molecule has 0 spiro atoms. The molecule has 1 fully saturated rings. The highest BCUT2D eigenvalue weighted by Gasteiger charge is 2.27. The van der Waals surface area contributed by atoms with Gasteiger partial charge in [-0.3, -0.25) is 50.0 Å². The van der Waals surface area contributed by atoms with Gasteiger partial charge in [-0.1, -0.05) is 0 Å². The number of nitro benzene ring substituents is 4. The van der Waals surface area contributed by atoms with E-state index >= 15 is 0 Å². The number of nitrogens with one attached hydrogen (secondary N) is 1. The molecule has 2 amide bonds. The molecule has 0 radical (unpaired) electrons. The molecule has 2 aromatic carbocycles. The van der Waals surface area contributed by atoms with Gasteiger partial charge in [0, 0.05) is 43.9 Å². The van der Waals surface area contributed by atoms with Crippen LogP contribution >= 0.6 is 0 Å². The number of rotatable bonds is 8. The molecule has 16 nitrogen and oxygen atoms in total. The van der Waals surface area contributed by atoms with Crippen molar-refractivity contribution < 1.29 is 29.3 Å². The number of non-ortho nitro benzene ring substituents is 4. The van der Waals surface area contributed by atoms with E-state index in [1.165, 1.54) is 4.90 Å². The third-order valence-electron chi connectivity index (χ3n) is 5.61. The quantitative estimate of drug-likeness (QED) is 0.410. The maximum atomic E-state index is 12.8. The Hall–Kier alpha value is -5.02. The van der Waals surface area contributed by atoms with Gasteiger partial charge in [0.25, 0.3) is 34.6 Å². The largest absolute Gasteiger partial charge is 0.352 e. The number of hydrogen-bond acceptors (Lipinski definition) is 10. The van der Waals surface area contributed by atoms with Crippen LogP contribution in [0.3, 0.4) is 0 Å². The minimum absolute atomic E-state index is 0.0915. The van der Waals surface area contributed by atoms with E-state index in [0.717, 1.165) is 36.4 Å². The van der Waals surface area contributed by atoms with Crippen molar-refractivity contribution in [2.45, 2.75) is 12.8 Å². The molecule has 188 valence electrons. The first-order valence-corrected chi connectivity index (χ1v) is 10.4. The predicted octanol–water partition coefficient (Wildman–Crippen LogP) is 2.60. The van der Waals surface area contributed by atoms with E-state index in [9.17, 15) is 50.0 Å². The Kier molecular flexibility index (Phi) is 7.46. The van der Waals surface area contributed by atoms with Crippen molar-refractivity contribution in [2.24, 2.45) is 5.92 Å². The number of hydrogen-bond donors (Lipinski definition) is 1. The molecule has 1 aliphatic rings. The van der Waals surface area contributed by atoms with Gasteiger partial charge in [-0.05, 0) is 18.8 Å².